The first-order valence-corrected chi connectivity index (χ1v) is 6.44. The maximum atomic E-state index is 5.54. The number of benzene rings is 1. The summed E-state index contributed by atoms with van der Waals surface area (Å²) in [5.41, 5.74) is 3.33. The quantitative estimate of drug-likeness (QED) is 0.865. The van der Waals surface area contributed by atoms with Gasteiger partial charge in [-0.1, -0.05) is 31.1 Å². The Labute approximate surface area is 113 Å². The van der Waals surface area contributed by atoms with Crippen LogP contribution in [0, 0.1) is 13.8 Å². The van der Waals surface area contributed by atoms with Gasteiger partial charge in [-0.3, -0.25) is 0 Å². The third-order valence-corrected chi connectivity index (χ3v) is 2.76. The molecular weight excluding hydrogens is 240 g/mol. The van der Waals surface area contributed by atoms with E-state index in [2.05, 4.69) is 59.8 Å². The molecule has 0 aliphatic rings. The molecule has 0 radical (unpaired) electrons. The highest BCUT2D eigenvalue weighted by Crippen LogP contribution is 2.20. The van der Waals surface area contributed by atoms with E-state index in [9.17, 15) is 0 Å². The van der Waals surface area contributed by atoms with Crippen molar-refractivity contribution in [3.8, 4) is 0 Å². The second-order valence-electron chi connectivity index (χ2n) is 4.98. The van der Waals surface area contributed by atoms with Crippen molar-refractivity contribution in [2.24, 2.45) is 0 Å². The summed E-state index contributed by atoms with van der Waals surface area (Å²) in [6, 6.07) is 7.02. The number of hydrogen-bond acceptors (Lipinski definition) is 5. The van der Waals surface area contributed by atoms with Crippen LogP contribution in [-0.2, 0) is 6.54 Å². The number of aromatic nitrogens is 2. The molecule has 0 spiro atoms. The van der Waals surface area contributed by atoms with Crippen LogP contribution in [0.25, 0.3) is 0 Å². The van der Waals surface area contributed by atoms with Gasteiger partial charge < -0.3 is 15.1 Å². The van der Waals surface area contributed by atoms with Crippen molar-refractivity contribution in [3.63, 3.8) is 0 Å². The third-order valence-electron chi connectivity index (χ3n) is 2.76. The fourth-order valence-corrected chi connectivity index (χ4v) is 1.65. The Morgan fingerprint density at radius 3 is 2.74 bits per heavy atom. The fourth-order valence-electron chi connectivity index (χ4n) is 1.65. The van der Waals surface area contributed by atoms with Crippen LogP contribution < -0.4 is 10.6 Å². The second kappa shape index (κ2) is 5.84. The molecule has 0 fully saturated rings. The largest absolute Gasteiger partial charge is 0.406 e. The van der Waals surface area contributed by atoms with Gasteiger partial charge in [0.1, 0.15) is 0 Å². The number of anilines is 2. The van der Waals surface area contributed by atoms with Crippen LogP contribution >= 0.6 is 0 Å². The van der Waals surface area contributed by atoms with Gasteiger partial charge in [0.15, 0.2) is 0 Å². The number of hydrogen-bond donors (Lipinski definition) is 2. The predicted octanol–water partition coefficient (Wildman–Crippen LogP) is 2.93. The summed E-state index contributed by atoms with van der Waals surface area (Å²) in [6.07, 6.45) is 0. The van der Waals surface area contributed by atoms with Gasteiger partial charge in [-0.15, -0.1) is 5.10 Å². The molecule has 0 bridgehead atoms. The Balaban J connectivity index is 2.05. The Bertz CT molecular complexity index is 548. The summed E-state index contributed by atoms with van der Waals surface area (Å²) < 4.78 is 5.54. The van der Waals surface area contributed by atoms with Crippen LogP contribution in [0.2, 0.25) is 0 Å². The average Bonchev–Trinajstić information content (AvgIpc) is 2.79. The highest BCUT2D eigenvalue weighted by atomic mass is 16.4. The molecule has 1 aromatic carbocycles. The summed E-state index contributed by atoms with van der Waals surface area (Å²) >= 11 is 0. The molecule has 0 saturated heterocycles. The summed E-state index contributed by atoms with van der Waals surface area (Å²) in [5.74, 6) is 0.585. The molecule has 0 unspecified atom stereocenters. The van der Waals surface area contributed by atoms with Crippen molar-refractivity contribution in [2.45, 2.75) is 40.3 Å². The van der Waals surface area contributed by atoms with E-state index in [0.29, 0.717) is 24.5 Å². The molecule has 1 heterocycles. The lowest BCUT2D eigenvalue weighted by Gasteiger charge is -2.06. The molecule has 0 aliphatic carbocycles. The summed E-state index contributed by atoms with van der Waals surface area (Å²) in [4.78, 5) is 0. The SMILES string of the molecule is Cc1ccc(C)c(Nc2nnc(CNC(C)C)o2)c1. The van der Waals surface area contributed by atoms with Gasteiger partial charge in [-0.2, -0.15) is 0 Å². The molecule has 102 valence electrons. The van der Waals surface area contributed by atoms with Crippen LogP contribution in [-0.4, -0.2) is 16.2 Å². The lowest BCUT2D eigenvalue weighted by molar-refractivity contribution is 0.460. The van der Waals surface area contributed by atoms with Gasteiger partial charge in [-0.05, 0) is 31.0 Å². The molecule has 19 heavy (non-hydrogen) atoms. The molecule has 0 amide bonds. The topological polar surface area (TPSA) is 63.0 Å². The fraction of sp³-hybridized carbons (Fsp3) is 0.429. The Kier molecular flexibility index (Phi) is 4.16. The number of nitrogens with zero attached hydrogens (tertiary/aromatic N) is 2. The normalized spacial score (nSPS) is 11.0. The van der Waals surface area contributed by atoms with Gasteiger partial charge in [-0.25, -0.2) is 0 Å². The van der Waals surface area contributed by atoms with E-state index in [-0.39, 0.29) is 0 Å². The minimum atomic E-state index is 0.391. The van der Waals surface area contributed by atoms with Gasteiger partial charge in [0.2, 0.25) is 5.89 Å². The highest BCUT2D eigenvalue weighted by Gasteiger charge is 2.08. The summed E-state index contributed by atoms with van der Waals surface area (Å²) in [7, 11) is 0. The summed E-state index contributed by atoms with van der Waals surface area (Å²) in [5, 5.41) is 14.4. The molecule has 0 atom stereocenters. The minimum absolute atomic E-state index is 0.391. The maximum Gasteiger partial charge on any atom is 0.320 e. The lowest BCUT2D eigenvalue weighted by atomic mass is 10.1. The number of nitrogens with one attached hydrogen (secondary N) is 2. The molecule has 5 nitrogen and oxygen atoms in total. The van der Waals surface area contributed by atoms with Crippen LogP contribution in [0.5, 0.6) is 0 Å². The number of aryl methyl sites for hydroxylation is 2. The summed E-state index contributed by atoms with van der Waals surface area (Å²) in [6.45, 7) is 8.83. The molecule has 2 rings (SSSR count). The van der Waals surface area contributed by atoms with E-state index in [4.69, 9.17) is 4.42 Å². The van der Waals surface area contributed by atoms with E-state index in [1.165, 1.54) is 5.56 Å². The first-order chi connectivity index (χ1) is 9.04. The minimum Gasteiger partial charge on any atom is -0.406 e. The van der Waals surface area contributed by atoms with Crippen molar-refractivity contribution in [3.05, 3.63) is 35.2 Å². The Hall–Kier alpha value is -1.88. The number of rotatable bonds is 5. The van der Waals surface area contributed by atoms with Crippen molar-refractivity contribution >= 4 is 11.7 Å². The lowest BCUT2D eigenvalue weighted by Crippen LogP contribution is -2.21. The Morgan fingerprint density at radius 2 is 2.00 bits per heavy atom. The van der Waals surface area contributed by atoms with Gasteiger partial charge >= 0.3 is 6.01 Å². The average molecular weight is 260 g/mol. The highest BCUT2D eigenvalue weighted by molar-refractivity contribution is 5.58. The van der Waals surface area contributed by atoms with Crippen LogP contribution in [0.15, 0.2) is 22.6 Å². The van der Waals surface area contributed by atoms with Crippen molar-refractivity contribution < 1.29 is 4.42 Å². The van der Waals surface area contributed by atoms with Gasteiger partial charge in [0, 0.05) is 11.7 Å². The van der Waals surface area contributed by atoms with Gasteiger partial charge in [0.05, 0.1) is 6.54 Å². The van der Waals surface area contributed by atoms with E-state index in [1.54, 1.807) is 0 Å². The maximum absolute atomic E-state index is 5.54. The predicted molar refractivity (Wildman–Crippen MR) is 75.5 cm³/mol. The molecule has 2 aromatic rings. The zero-order chi connectivity index (χ0) is 13.8. The molecule has 5 heteroatoms. The van der Waals surface area contributed by atoms with Gasteiger partial charge in [0.25, 0.3) is 0 Å². The second-order valence-corrected chi connectivity index (χ2v) is 4.98. The van der Waals surface area contributed by atoms with Crippen molar-refractivity contribution in [2.75, 3.05) is 5.32 Å². The van der Waals surface area contributed by atoms with Crippen LogP contribution in [0.4, 0.5) is 11.7 Å². The molecule has 1 aromatic heterocycles. The molecule has 0 aliphatic heterocycles. The van der Waals surface area contributed by atoms with E-state index in [0.717, 1.165) is 11.3 Å². The zero-order valence-electron chi connectivity index (χ0n) is 11.8. The smallest absolute Gasteiger partial charge is 0.320 e. The van der Waals surface area contributed by atoms with Crippen molar-refractivity contribution in [1.29, 1.82) is 0 Å². The third kappa shape index (κ3) is 3.79. The van der Waals surface area contributed by atoms with Crippen LogP contribution in [0.1, 0.15) is 30.9 Å². The van der Waals surface area contributed by atoms with Crippen LogP contribution in [0.3, 0.4) is 0 Å². The Morgan fingerprint density at radius 1 is 1.21 bits per heavy atom. The van der Waals surface area contributed by atoms with Crippen molar-refractivity contribution in [1.82, 2.24) is 15.5 Å². The molecule has 2 N–H and O–H groups in total. The molecule has 0 saturated carbocycles. The first kappa shape index (κ1) is 13.5. The first-order valence-electron chi connectivity index (χ1n) is 6.44. The van der Waals surface area contributed by atoms with E-state index in [1.807, 2.05) is 6.92 Å². The van der Waals surface area contributed by atoms with E-state index < -0.39 is 0 Å². The van der Waals surface area contributed by atoms with E-state index >= 15 is 0 Å². The zero-order valence-corrected chi connectivity index (χ0v) is 11.8. The monoisotopic (exact) mass is 260 g/mol. The molecular formula is C14H20N4O. The standard InChI is InChI=1S/C14H20N4O/c1-9(2)15-8-13-17-18-14(19-13)16-12-7-10(3)5-6-11(12)4/h5-7,9,15H,8H2,1-4H3,(H,16,18).